The Morgan fingerprint density at radius 1 is 1.24 bits per heavy atom. The molecule has 1 aliphatic rings. The number of alkyl halides is 3. The maximum atomic E-state index is 12.6. The fraction of sp³-hybridized carbons (Fsp3) is 0.455. The van der Waals surface area contributed by atoms with Gasteiger partial charge in [-0.1, -0.05) is 18.2 Å². The van der Waals surface area contributed by atoms with E-state index in [9.17, 15) is 13.2 Å². The molecule has 1 heterocycles. The lowest BCUT2D eigenvalue weighted by Gasteiger charge is -2.19. The lowest BCUT2D eigenvalue weighted by Crippen LogP contribution is -2.38. The van der Waals surface area contributed by atoms with Crippen molar-refractivity contribution in [3.63, 3.8) is 0 Å². The second-order valence-electron chi connectivity index (χ2n) is 4.25. The molecule has 6 heteroatoms. The van der Waals surface area contributed by atoms with Crippen molar-refractivity contribution >= 4 is 0 Å². The van der Waals surface area contributed by atoms with Crippen LogP contribution >= 0.6 is 0 Å². The Hall–Kier alpha value is -1.11. The van der Waals surface area contributed by atoms with Crippen LogP contribution in [0.2, 0.25) is 0 Å². The highest BCUT2D eigenvalue weighted by Gasteiger charge is 2.35. The van der Waals surface area contributed by atoms with E-state index in [4.69, 9.17) is 5.73 Å². The molecule has 2 rings (SSSR count). The molecule has 0 aromatic heterocycles. The highest BCUT2D eigenvalue weighted by atomic mass is 19.4. The average molecular weight is 245 g/mol. The molecule has 0 spiro atoms. The lowest BCUT2D eigenvalue weighted by atomic mass is 9.90. The van der Waals surface area contributed by atoms with Gasteiger partial charge in [-0.25, -0.2) is 5.43 Å². The summed E-state index contributed by atoms with van der Waals surface area (Å²) in [6.45, 7) is 1.88. The Balaban J connectivity index is 2.33. The summed E-state index contributed by atoms with van der Waals surface area (Å²) in [4.78, 5) is 0. The van der Waals surface area contributed by atoms with E-state index in [0.29, 0.717) is 5.56 Å². The van der Waals surface area contributed by atoms with Gasteiger partial charge in [0.25, 0.3) is 0 Å². The normalized spacial score (nSPS) is 29.6. The summed E-state index contributed by atoms with van der Waals surface area (Å²) in [6.07, 6.45) is -4.70. The molecular weight excluding hydrogens is 231 g/mol. The van der Waals surface area contributed by atoms with Gasteiger partial charge < -0.3 is 5.73 Å². The number of nitrogens with one attached hydrogen (secondary N) is 2. The van der Waals surface area contributed by atoms with E-state index in [-0.39, 0.29) is 18.1 Å². The molecule has 0 bridgehead atoms. The fourth-order valence-electron chi connectivity index (χ4n) is 2.14. The molecule has 1 saturated heterocycles. The number of hydrogen-bond donors (Lipinski definition) is 3. The fourth-order valence-corrected chi connectivity index (χ4v) is 2.14. The summed E-state index contributed by atoms with van der Waals surface area (Å²) >= 11 is 0. The smallest absolute Gasteiger partial charge is 0.314 e. The van der Waals surface area contributed by atoms with Crippen LogP contribution in [0.3, 0.4) is 0 Å². The van der Waals surface area contributed by atoms with Gasteiger partial charge in [0.2, 0.25) is 0 Å². The number of nitrogens with two attached hydrogens (primary N) is 1. The third-order valence-corrected chi connectivity index (χ3v) is 3.00. The van der Waals surface area contributed by atoms with Crippen molar-refractivity contribution in [2.45, 2.75) is 31.2 Å². The Labute approximate surface area is 97.2 Å². The summed E-state index contributed by atoms with van der Waals surface area (Å²) in [6, 6.07) is 5.31. The van der Waals surface area contributed by atoms with Gasteiger partial charge in [-0.15, -0.1) is 0 Å². The predicted molar refractivity (Wildman–Crippen MR) is 57.9 cm³/mol. The third kappa shape index (κ3) is 2.43. The van der Waals surface area contributed by atoms with Crippen LogP contribution < -0.4 is 16.6 Å². The molecule has 0 aliphatic carbocycles. The van der Waals surface area contributed by atoms with Crippen molar-refractivity contribution in [3.8, 4) is 0 Å². The van der Waals surface area contributed by atoms with Gasteiger partial charge in [0.05, 0.1) is 11.7 Å². The number of halogens is 3. The summed E-state index contributed by atoms with van der Waals surface area (Å²) in [5.41, 5.74) is 11.5. The second-order valence-corrected chi connectivity index (χ2v) is 4.25. The molecule has 3 nitrogen and oxygen atoms in total. The van der Waals surface area contributed by atoms with E-state index in [1.54, 1.807) is 6.07 Å². The van der Waals surface area contributed by atoms with E-state index < -0.39 is 11.7 Å². The van der Waals surface area contributed by atoms with Gasteiger partial charge in [0.1, 0.15) is 0 Å². The van der Waals surface area contributed by atoms with Crippen LogP contribution in [-0.4, -0.2) is 12.2 Å². The van der Waals surface area contributed by atoms with Gasteiger partial charge in [0, 0.05) is 12.0 Å². The van der Waals surface area contributed by atoms with Crippen LogP contribution in [0, 0.1) is 0 Å². The zero-order chi connectivity index (χ0) is 12.6. The molecule has 0 saturated carbocycles. The third-order valence-electron chi connectivity index (χ3n) is 3.00. The maximum absolute atomic E-state index is 12.6. The van der Waals surface area contributed by atoms with Crippen LogP contribution in [0.15, 0.2) is 24.3 Å². The first kappa shape index (κ1) is 12.3. The summed E-state index contributed by atoms with van der Waals surface area (Å²) in [7, 11) is 0. The number of hydrazine groups is 1. The zero-order valence-electron chi connectivity index (χ0n) is 9.25. The van der Waals surface area contributed by atoms with Crippen LogP contribution in [-0.2, 0) is 6.18 Å². The van der Waals surface area contributed by atoms with Gasteiger partial charge in [-0.3, -0.25) is 5.43 Å². The minimum atomic E-state index is -4.32. The first-order chi connectivity index (χ1) is 7.89. The van der Waals surface area contributed by atoms with E-state index in [2.05, 4.69) is 10.9 Å². The quantitative estimate of drug-likeness (QED) is 0.704. The second kappa shape index (κ2) is 4.29. The molecule has 1 fully saturated rings. The minimum Gasteiger partial charge on any atom is -0.314 e. The number of hydrogen-bond acceptors (Lipinski definition) is 3. The van der Waals surface area contributed by atoms with E-state index >= 15 is 0 Å². The van der Waals surface area contributed by atoms with Crippen molar-refractivity contribution in [1.29, 1.82) is 0 Å². The van der Waals surface area contributed by atoms with Crippen LogP contribution in [0.4, 0.5) is 13.2 Å². The summed E-state index contributed by atoms with van der Waals surface area (Å²) < 4.78 is 37.8. The summed E-state index contributed by atoms with van der Waals surface area (Å²) in [5, 5.41) is 0. The number of rotatable bonds is 1. The average Bonchev–Trinajstić information content (AvgIpc) is 2.57. The van der Waals surface area contributed by atoms with E-state index in [1.165, 1.54) is 6.07 Å². The van der Waals surface area contributed by atoms with Gasteiger partial charge >= 0.3 is 6.18 Å². The Kier molecular flexibility index (Phi) is 3.11. The monoisotopic (exact) mass is 245 g/mol. The minimum absolute atomic E-state index is 0.00603. The summed E-state index contributed by atoms with van der Waals surface area (Å²) in [5.74, 6) is -0.169. The SMILES string of the molecule is CC1NNC(N)C1c1cccc(C(F)(F)F)c1. The maximum Gasteiger partial charge on any atom is 0.416 e. The van der Waals surface area contributed by atoms with Crippen molar-refractivity contribution in [1.82, 2.24) is 10.9 Å². The molecule has 94 valence electrons. The zero-order valence-corrected chi connectivity index (χ0v) is 9.25. The van der Waals surface area contributed by atoms with E-state index in [0.717, 1.165) is 12.1 Å². The molecule has 17 heavy (non-hydrogen) atoms. The molecule has 0 radical (unpaired) electrons. The molecule has 1 aromatic rings. The predicted octanol–water partition coefficient (Wildman–Crippen LogP) is 1.57. The van der Waals surface area contributed by atoms with Crippen molar-refractivity contribution in [2.24, 2.45) is 5.73 Å². The highest BCUT2D eigenvalue weighted by Crippen LogP contribution is 2.33. The molecular formula is C11H14F3N3. The Morgan fingerprint density at radius 3 is 2.47 bits per heavy atom. The molecule has 0 amide bonds. The van der Waals surface area contributed by atoms with Crippen LogP contribution in [0.5, 0.6) is 0 Å². The lowest BCUT2D eigenvalue weighted by molar-refractivity contribution is -0.137. The highest BCUT2D eigenvalue weighted by molar-refractivity contribution is 5.30. The van der Waals surface area contributed by atoms with Crippen molar-refractivity contribution < 1.29 is 13.2 Å². The Morgan fingerprint density at radius 2 is 1.94 bits per heavy atom. The standard InChI is InChI=1S/C11H14F3N3/c1-6-9(10(15)17-16-6)7-3-2-4-8(5-7)11(12,13)14/h2-6,9-10,16-17H,15H2,1H3. The van der Waals surface area contributed by atoms with Gasteiger partial charge in [-0.05, 0) is 18.6 Å². The van der Waals surface area contributed by atoms with Gasteiger partial charge in [0.15, 0.2) is 0 Å². The van der Waals surface area contributed by atoms with Crippen LogP contribution in [0.1, 0.15) is 24.0 Å². The molecule has 1 aliphatic heterocycles. The first-order valence-corrected chi connectivity index (χ1v) is 5.33. The van der Waals surface area contributed by atoms with Crippen LogP contribution in [0.25, 0.3) is 0 Å². The van der Waals surface area contributed by atoms with Crippen molar-refractivity contribution in [3.05, 3.63) is 35.4 Å². The van der Waals surface area contributed by atoms with Crippen molar-refractivity contribution in [2.75, 3.05) is 0 Å². The Bertz CT molecular complexity index is 395. The van der Waals surface area contributed by atoms with Gasteiger partial charge in [-0.2, -0.15) is 13.2 Å². The largest absolute Gasteiger partial charge is 0.416 e. The molecule has 1 aromatic carbocycles. The molecule has 3 unspecified atom stereocenters. The topological polar surface area (TPSA) is 50.1 Å². The first-order valence-electron chi connectivity index (χ1n) is 5.33. The van der Waals surface area contributed by atoms with E-state index in [1.807, 2.05) is 6.92 Å². The molecule has 4 N–H and O–H groups in total. The number of benzene rings is 1. The molecule has 3 atom stereocenters.